The van der Waals surface area contributed by atoms with Gasteiger partial charge in [-0.15, -0.1) is 0 Å². The van der Waals surface area contributed by atoms with Crippen molar-refractivity contribution in [2.45, 2.75) is 77.5 Å². The summed E-state index contributed by atoms with van der Waals surface area (Å²) in [6.07, 6.45) is 5.60. The van der Waals surface area contributed by atoms with Crippen LogP contribution < -0.4 is 0 Å². The van der Waals surface area contributed by atoms with Crippen molar-refractivity contribution in [1.29, 1.82) is 0 Å². The van der Waals surface area contributed by atoms with Gasteiger partial charge in [-0.25, -0.2) is 9.59 Å². The Balaban J connectivity index is 2.20. The maximum atomic E-state index is 12.6. The molecule has 0 unspecified atom stereocenters. The van der Waals surface area contributed by atoms with Crippen LogP contribution in [0, 0.1) is 0 Å². The molecule has 2 rings (SSSR count). The van der Waals surface area contributed by atoms with Gasteiger partial charge in [0.25, 0.3) is 0 Å². The standard InChI is InChI=1S/C17H27NO4/c1-12(2)21-15(19)14-7-9-17(16(20)22-13(3)4)8-5-6-10-18(17)11-14/h11-13H,5-10H2,1-4H3/t17-/m0/s1. The molecule has 0 N–H and O–H groups in total. The fourth-order valence-electron chi connectivity index (χ4n) is 3.20. The van der Waals surface area contributed by atoms with Crippen molar-refractivity contribution in [3.63, 3.8) is 0 Å². The summed E-state index contributed by atoms with van der Waals surface area (Å²) in [5.41, 5.74) is 0.0630. The van der Waals surface area contributed by atoms with Crippen molar-refractivity contribution in [2.75, 3.05) is 6.54 Å². The molecule has 1 fully saturated rings. The highest BCUT2D eigenvalue weighted by Crippen LogP contribution is 2.39. The zero-order valence-corrected chi connectivity index (χ0v) is 14.1. The summed E-state index contributed by atoms with van der Waals surface area (Å²) in [6.45, 7) is 8.20. The number of hydrogen-bond donors (Lipinski definition) is 0. The van der Waals surface area contributed by atoms with Gasteiger partial charge >= 0.3 is 11.9 Å². The fourth-order valence-corrected chi connectivity index (χ4v) is 3.20. The molecule has 1 saturated heterocycles. The van der Waals surface area contributed by atoms with Crippen LogP contribution >= 0.6 is 0 Å². The number of fused-ring (bicyclic) bond motifs is 1. The lowest BCUT2D eigenvalue weighted by atomic mass is 9.79. The maximum Gasteiger partial charge on any atom is 0.335 e. The van der Waals surface area contributed by atoms with Crippen LogP contribution in [0.3, 0.4) is 0 Å². The number of esters is 2. The van der Waals surface area contributed by atoms with E-state index in [0.717, 1.165) is 25.8 Å². The summed E-state index contributed by atoms with van der Waals surface area (Å²) in [5, 5.41) is 0. The van der Waals surface area contributed by atoms with E-state index < -0.39 is 5.54 Å². The lowest BCUT2D eigenvalue weighted by Gasteiger charge is -2.47. The first-order valence-electron chi connectivity index (χ1n) is 8.24. The third-order valence-corrected chi connectivity index (χ3v) is 4.24. The van der Waals surface area contributed by atoms with E-state index in [1.165, 1.54) is 0 Å². The molecule has 0 spiro atoms. The van der Waals surface area contributed by atoms with Crippen LogP contribution in [0.25, 0.3) is 0 Å². The highest BCUT2D eigenvalue weighted by molar-refractivity contribution is 5.90. The van der Waals surface area contributed by atoms with Gasteiger partial charge in [-0.1, -0.05) is 0 Å². The topological polar surface area (TPSA) is 55.8 Å². The van der Waals surface area contributed by atoms with E-state index in [2.05, 4.69) is 0 Å². The van der Waals surface area contributed by atoms with Crippen molar-refractivity contribution >= 4 is 11.9 Å². The summed E-state index contributed by atoms with van der Waals surface area (Å²) >= 11 is 0. The molecule has 2 aliphatic rings. The zero-order valence-electron chi connectivity index (χ0n) is 14.1. The average molecular weight is 309 g/mol. The van der Waals surface area contributed by atoms with Gasteiger partial charge in [-0.05, 0) is 59.8 Å². The molecule has 5 nitrogen and oxygen atoms in total. The average Bonchev–Trinajstić information content (AvgIpc) is 2.45. The van der Waals surface area contributed by atoms with E-state index in [0.29, 0.717) is 18.4 Å². The van der Waals surface area contributed by atoms with Crippen LogP contribution in [-0.2, 0) is 19.1 Å². The minimum atomic E-state index is -0.593. The second kappa shape index (κ2) is 6.71. The minimum Gasteiger partial charge on any atom is -0.461 e. The number of hydrogen-bond acceptors (Lipinski definition) is 5. The SMILES string of the molecule is CC(C)OC(=O)C1=CN2CCCC[C@@]2(C(=O)OC(C)C)CC1. The van der Waals surface area contributed by atoms with Gasteiger partial charge in [-0.3, -0.25) is 0 Å². The molecule has 2 aliphatic heterocycles. The number of nitrogens with zero attached hydrogens (tertiary/aromatic N) is 1. The molecule has 0 amide bonds. The van der Waals surface area contributed by atoms with Crippen molar-refractivity contribution in [2.24, 2.45) is 0 Å². The Bertz CT molecular complexity index is 469. The van der Waals surface area contributed by atoms with Gasteiger partial charge < -0.3 is 14.4 Å². The van der Waals surface area contributed by atoms with Crippen molar-refractivity contribution < 1.29 is 19.1 Å². The summed E-state index contributed by atoms with van der Waals surface area (Å²) in [6, 6.07) is 0. The highest BCUT2D eigenvalue weighted by atomic mass is 16.5. The zero-order chi connectivity index (χ0) is 16.3. The lowest BCUT2D eigenvalue weighted by molar-refractivity contribution is -0.164. The predicted molar refractivity (Wildman–Crippen MR) is 83.1 cm³/mol. The van der Waals surface area contributed by atoms with E-state index in [-0.39, 0.29) is 24.1 Å². The van der Waals surface area contributed by atoms with Crippen LogP contribution in [-0.4, -0.2) is 41.1 Å². The Morgan fingerprint density at radius 1 is 1.09 bits per heavy atom. The smallest absolute Gasteiger partial charge is 0.335 e. The molecule has 0 bridgehead atoms. The molecule has 1 atom stereocenters. The van der Waals surface area contributed by atoms with Gasteiger partial charge in [0.15, 0.2) is 0 Å². The summed E-state index contributed by atoms with van der Waals surface area (Å²) in [5.74, 6) is -0.430. The van der Waals surface area contributed by atoms with Gasteiger partial charge in [0.1, 0.15) is 5.54 Å². The number of piperidine rings is 1. The van der Waals surface area contributed by atoms with E-state index in [1.807, 2.05) is 38.8 Å². The molecule has 2 heterocycles. The monoisotopic (exact) mass is 309 g/mol. The van der Waals surface area contributed by atoms with Crippen molar-refractivity contribution in [1.82, 2.24) is 4.90 Å². The molecular formula is C17H27NO4. The Kier molecular flexibility index (Phi) is 5.14. The molecule has 0 aromatic heterocycles. The van der Waals surface area contributed by atoms with E-state index in [1.54, 1.807) is 0 Å². The Hall–Kier alpha value is -1.52. The lowest BCUT2D eigenvalue weighted by Crippen LogP contribution is -2.57. The largest absolute Gasteiger partial charge is 0.461 e. The molecule has 0 aliphatic carbocycles. The molecule has 5 heteroatoms. The predicted octanol–water partition coefficient (Wildman–Crippen LogP) is 2.79. The number of ether oxygens (including phenoxy) is 2. The minimum absolute atomic E-state index is 0.123. The number of rotatable bonds is 4. The summed E-state index contributed by atoms with van der Waals surface area (Å²) in [7, 11) is 0. The van der Waals surface area contributed by atoms with Crippen LogP contribution in [0.1, 0.15) is 59.8 Å². The summed E-state index contributed by atoms with van der Waals surface area (Å²) in [4.78, 5) is 26.7. The van der Waals surface area contributed by atoms with Crippen LogP contribution in [0.4, 0.5) is 0 Å². The Morgan fingerprint density at radius 3 is 2.41 bits per heavy atom. The maximum absolute atomic E-state index is 12.6. The fraction of sp³-hybridized carbons (Fsp3) is 0.765. The quantitative estimate of drug-likeness (QED) is 0.747. The summed E-state index contributed by atoms with van der Waals surface area (Å²) < 4.78 is 10.8. The normalized spacial score (nSPS) is 24.8. The van der Waals surface area contributed by atoms with Gasteiger partial charge in [0, 0.05) is 12.7 Å². The van der Waals surface area contributed by atoms with Crippen LogP contribution in [0.5, 0.6) is 0 Å². The molecular weight excluding hydrogens is 282 g/mol. The molecule has 124 valence electrons. The van der Waals surface area contributed by atoms with Crippen molar-refractivity contribution in [3.05, 3.63) is 11.8 Å². The number of carbonyl (C=O) groups excluding carboxylic acids is 2. The van der Waals surface area contributed by atoms with Crippen LogP contribution in [0.2, 0.25) is 0 Å². The van der Waals surface area contributed by atoms with E-state index in [9.17, 15) is 9.59 Å². The van der Waals surface area contributed by atoms with Crippen molar-refractivity contribution in [3.8, 4) is 0 Å². The second-order valence-electron chi connectivity index (χ2n) is 6.74. The molecule has 22 heavy (non-hydrogen) atoms. The highest BCUT2D eigenvalue weighted by Gasteiger charge is 2.48. The van der Waals surface area contributed by atoms with Crippen LogP contribution in [0.15, 0.2) is 11.8 Å². The van der Waals surface area contributed by atoms with Gasteiger partial charge in [0.2, 0.25) is 0 Å². The Morgan fingerprint density at radius 2 is 1.77 bits per heavy atom. The first-order valence-corrected chi connectivity index (χ1v) is 8.24. The molecule has 0 aromatic rings. The third kappa shape index (κ3) is 3.45. The first kappa shape index (κ1) is 16.8. The molecule has 0 aromatic carbocycles. The molecule has 0 radical (unpaired) electrons. The second-order valence-corrected chi connectivity index (χ2v) is 6.74. The molecule has 0 saturated carbocycles. The first-order chi connectivity index (χ1) is 10.3. The van der Waals surface area contributed by atoms with Gasteiger partial charge in [-0.2, -0.15) is 0 Å². The van der Waals surface area contributed by atoms with Gasteiger partial charge in [0.05, 0.1) is 17.8 Å². The van der Waals surface area contributed by atoms with E-state index >= 15 is 0 Å². The number of carbonyl (C=O) groups is 2. The Labute approximate surface area is 132 Å². The van der Waals surface area contributed by atoms with E-state index in [4.69, 9.17) is 9.47 Å². The third-order valence-electron chi connectivity index (χ3n) is 4.24.